The van der Waals surface area contributed by atoms with E-state index in [9.17, 15) is 9.59 Å². The molecule has 0 saturated carbocycles. The Morgan fingerprint density at radius 1 is 1.05 bits per heavy atom. The first-order chi connectivity index (χ1) is 17.9. The number of carbonyl (C=O) groups is 2. The Hall–Kier alpha value is -3.17. The molecule has 0 radical (unpaired) electrons. The molecule has 37 heavy (non-hydrogen) atoms. The van der Waals surface area contributed by atoms with E-state index in [1.807, 2.05) is 37.3 Å². The van der Waals surface area contributed by atoms with Crippen molar-refractivity contribution in [3.05, 3.63) is 53.2 Å². The van der Waals surface area contributed by atoms with Crippen LogP contribution in [0.4, 0.5) is 5.82 Å². The van der Waals surface area contributed by atoms with Crippen molar-refractivity contribution in [2.24, 2.45) is 0 Å². The van der Waals surface area contributed by atoms with Crippen LogP contribution in [0, 0.1) is 6.92 Å². The van der Waals surface area contributed by atoms with Gasteiger partial charge in [0.1, 0.15) is 11.6 Å². The number of anilines is 1. The van der Waals surface area contributed by atoms with Gasteiger partial charge in [0.2, 0.25) is 0 Å². The molecule has 2 fully saturated rings. The first-order valence-electron chi connectivity index (χ1n) is 13.0. The number of carbonyl (C=O) groups excluding carboxylic acids is 2. The summed E-state index contributed by atoms with van der Waals surface area (Å²) >= 11 is 0. The molecule has 2 aliphatic rings. The van der Waals surface area contributed by atoms with E-state index >= 15 is 0 Å². The molecule has 2 bridgehead atoms. The molecule has 2 saturated heterocycles. The lowest BCUT2D eigenvalue weighted by Crippen LogP contribution is -2.50. The summed E-state index contributed by atoms with van der Waals surface area (Å²) in [6.07, 6.45) is 6.76. The van der Waals surface area contributed by atoms with Crippen molar-refractivity contribution in [2.75, 3.05) is 32.8 Å². The van der Waals surface area contributed by atoms with E-state index in [4.69, 9.17) is 14.2 Å². The maximum atomic E-state index is 13.0. The van der Waals surface area contributed by atoms with Crippen molar-refractivity contribution in [1.82, 2.24) is 15.6 Å². The Balaban J connectivity index is 1.31. The molecule has 2 amide bonds. The first kappa shape index (κ1) is 26.9. The fourth-order valence-corrected chi connectivity index (χ4v) is 5.59. The largest absolute Gasteiger partial charge is 0.496 e. The maximum Gasteiger partial charge on any atom is 0.252 e. The van der Waals surface area contributed by atoms with Crippen molar-refractivity contribution < 1.29 is 23.8 Å². The van der Waals surface area contributed by atoms with Gasteiger partial charge in [-0.3, -0.25) is 9.59 Å². The molecule has 0 aliphatic carbocycles. The zero-order chi connectivity index (χ0) is 26.4. The van der Waals surface area contributed by atoms with Crippen molar-refractivity contribution >= 4 is 17.6 Å². The Morgan fingerprint density at radius 2 is 1.78 bits per heavy atom. The number of piperidine rings is 1. The number of nitrogens with one attached hydrogen (secondary N) is 2. The smallest absolute Gasteiger partial charge is 0.252 e. The molecule has 4 rings (SSSR count). The second-order valence-corrected chi connectivity index (χ2v) is 9.77. The second kappa shape index (κ2) is 12.4. The quantitative estimate of drug-likeness (QED) is 0.353. The van der Waals surface area contributed by atoms with E-state index in [0.29, 0.717) is 36.2 Å². The second-order valence-electron chi connectivity index (χ2n) is 9.77. The Morgan fingerprint density at radius 3 is 2.41 bits per heavy atom. The highest BCUT2D eigenvalue weighted by Crippen LogP contribution is 2.38. The van der Waals surface area contributed by atoms with Crippen molar-refractivity contribution in [3.8, 4) is 5.75 Å². The van der Waals surface area contributed by atoms with Crippen LogP contribution in [0.5, 0.6) is 5.75 Å². The standard InChI is InChI=1S/C28H38N4O5/c1-18-23(7-5-8-24(18)35-2)28(34)31-20-15-21-11-12-22(16-20)32(21)25-13-10-19(17-30-25)27(33)29-14-6-9-26(36-3)37-4/h5,7-8,10,13,17,20-22,26H,6,9,11-12,14-16H2,1-4H3,(H,29,33)(H,31,34)/t20?,21-,22+. The first-order valence-corrected chi connectivity index (χ1v) is 13.0. The van der Waals surface area contributed by atoms with Gasteiger partial charge in [-0.05, 0) is 63.3 Å². The van der Waals surface area contributed by atoms with Crippen LogP contribution in [0.15, 0.2) is 36.5 Å². The molecule has 3 heterocycles. The zero-order valence-electron chi connectivity index (χ0n) is 22.2. The lowest BCUT2D eigenvalue weighted by atomic mass is 9.96. The summed E-state index contributed by atoms with van der Waals surface area (Å²) in [4.78, 5) is 32.5. The number of pyridine rings is 1. The summed E-state index contributed by atoms with van der Waals surface area (Å²) < 4.78 is 15.7. The molecular weight excluding hydrogens is 472 g/mol. The van der Waals surface area contributed by atoms with Crippen molar-refractivity contribution in [3.63, 3.8) is 0 Å². The highest BCUT2D eigenvalue weighted by Gasteiger charge is 2.42. The number of amides is 2. The van der Waals surface area contributed by atoms with Gasteiger partial charge in [0.25, 0.3) is 11.8 Å². The highest BCUT2D eigenvalue weighted by atomic mass is 16.7. The van der Waals surface area contributed by atoms with Gasteiger partial charge in [-0.15, -0.1) is 0 Å². The number of rotatable bonds is 11. The monoisotopic (exact) mass is 510 g/mol. The molecule has 1 aromatic heterocycles. The van der Waals surface area contributed by atoms with Crippen LogP contribution in [-0.2, 0) is 9.47 Å². The van der Waals surface area contributed by atoms with Gasteiger partial charge in [0.15, 0.2) is 6.29 Å². The Bertz CT molecular complexity index is 1060. The van der Waals surface area contributed by atoms with Crippen LogP contribution in [-0.4, -0.2) is 69.1 Å². The van der Waals surface area contributed by atoms with Gasteiger partial charge in [-0.1, -0.05) is 6.07 Å². The minimum Gasteiger partial charge on any atom is -0.496 e. The fraction of sp³-hybridized carbons (Fsp3) is 0.536. The Labute approximate surface area is 218 Å². The van der Waals surface area contributed by atoms with Crippen molar-refractivity contribution in [1.29, 1.82) is 0 Å². The number of hydrogen-bond donors (Lipinski definition) is 2. The van der Waals surface area contributed by atoms with Crippen LogP contribution >= 0.6 is 0 Å². The van der Waals surface area contributed by atoms with E-state index in [2.05, 4.69) is 20.5 Å². The third kappa shape index (κ3) is 6.22. The maximum absolute atomic E-state index is 13.0. The molecular formula is C28H38N4O5. The number of aromatic nitrogens is 1. The Kier molecular flexibility index (Phi) is 9.00. The average Bonchev–Trinajstić information content (AvgIpc) is 3.18. The molecule has 9 nitrogen and oxygen atoms in total. The molecule has 1 unspecified atom stereocenters. The number of methoxy groups -OCH3 is 3. The third-order valence-corrected chi connectivity index (χ3v) is 7.52. The molecule has 0 spiro atoms. The molecule has 2 aliphatic heterocycles. The van der Waals surface area contributed by atoms with Gasteiger partial charge in [-0.25, -0.2) is 4.98 Å². The number of ether oxygens (including phenoxy) is 3. The fourth-order valence-electron chi connectivity index (χ4n) is 5.59. The van der Waals surface area contributed by atoms with Gasteiger partial charge in [-0.2, -0.15) is 0 Å². The van der Waals surface area contributed by atoms with E-state index in [0.717, 1.165) is 49.2 Å². The summed E-state index contributed by atoms with van der Waals surface area (Å²) in [6, 6.07) is 10.1. The normalized spacial score (nSPS) is 20.7. The van der Waals surface area contributed by atoms with Crippen LogP contribution in [0.2, 0.25) is 0 Å². The van der Waals surface area contributed by atoms with Gasteiger partial charge in [0.05, 0.1) is 12.7 Å². The molecule has 9 heteroatoms. The summed E-state index contributed by atoms with van der Waals surface area (Å²) in [5.41, 5.74) is 2.05. The predicted molar refractivity (Wildman–Crippen MR) is 141 cm³/mol. The molecule has 2 aromatic rings. The summed E-state index contributed by atoms with van der Waals surface area (Å²) in [5.74, 6) is 1.42. The van der Waals surface area contributed by atoms with Crippen LogP contribution in [0.3, 0.4) is 0 Å². The lowest BCUT2D eigenvalue weighted by molar-refractivity contribution is -0.106. The van der Waals surface area contributed by atoms with E-state index in [1.54, 1.807) is 27.5 Å². The number of nitrogens with zero attached hydrogens (tertiary/aromatic N) is 2. The minimum absolute atomic E-state index is 0.0531. The zero-order valence-corrected chi connectivity index (χ0v) is 22.2. The molecule has 200 valence electrons. The molecule has 3 atom stereocenters. The van der Waals surface area contributed by atoms with Gasteiger partial charge >= 0.3 is 0 Å². The minimum atomic E-state index is -0.253. The van der Waals surface area contributed by atoms with E-state index in [1.165, 1.54) is 0 Å². The number of hydrogen-bond acceptors (Lipinski definition) is 7. The number of fused-ring (bicyclic) bond motifs is 2. The van der Waals surface area contributed by atoms with Gasteiger partial charge in [0, 0.05) is 62.6 Å². The lowest BCUT2D eigenvalue weighted by Gasteiger charge is -2.40. The third-order valence-electron chi connectivity index (χ3n) is 7.52. The van der Waals surface area contributed by atoms with E-state index in [-0.39, 0.29) is 24.1 Å². The average molecular weight is 511 g/mol. The van der Waals surface area contributed by atoms with Crippen LogP contribution in [0.25, 0.3) is 0 Å². The topological polar surface area (TPSA) is 102 Å². The van der Waals surface area contributed by atoms with E-state index < -0.39 is 0 Å². The summed E-state index contributed by atoms with van der Waals surface area (Å²) in [7, 11) is 4.83. The predicted octanol–water partition coefficient (Wildman–Crippen LogP) is 3.46. The van der Waals surface area contributed by atoms with Crippen LogP contribution in [0.1, 0.15) is 64.8 Å². The molecule has 1 aromatic carbocycles. The SMILES string of the molecule is COc1cccc(C(=O)NC2C[C@H]3CC[C@@H](C2)N3c2ccc(C(=O)NCCCC(OC)OC)cn2)c1C. The highest BCUT2D eigenvalue weighted by molar-refractivity contribution is 5.96. The number of benzene rings is 1. The van der Waals surface area contributed by atoms with Gasteiger partial charge < -0.3 is 29.7 Å². The van der Waals surface area contributed by atoms with Crippen molar-refractivity contribution in [2.45, 2.75) is 69.9 Å². The summed E-state index contributed by atoms with van der Waals surface area (Å²) in [6.45, 7) is 2.45. The van der Waals surface area contributed by atoms with Crippen LogP contribution < -0.4 is 20.3 Å². The molecule has 2 N–H and O–H groups in total. The summed E-state index contributed by atoms with van der Waals surface area (Å²) in [5, 5.41) is 6.18.